The number of hydrogen-bond donors (Lipinski definition) is 1. The lowest BCUT2D eigenvalue weighted by molar-refractivity contribution is 0.415. The van der Waals surface area contributed by atoms with Gasteiger partial charge < -0.3 is 14.3 Å². The van der Waals surface area contributed by atoms with Gasteiger partial charge in [-0.1, -0.05) is 0 Å². The van der Waals surface area contributed by atoms with Gasteiger partial charge in [-0.2, -0.15) is 5.10 Å². The van der Waals surface area contributed by atoms with Crippen LogP contribution in [0.3, 0.4) is 0 Å². The van der Waals surface area contributed by atoms with Crippen molar-refractivity contribution in [3.05, 3.63) is 40.9 Å². The summed E-state index contributed by atoms with van der Waals surface area (Å²) in [5.74, 6) is 0.827. The van der Waals surface area contributed by atoms with Gasteiger partial charge in [0, 0.05) is 25.9 Å². The standard InChI is InChI=1S/C14H16N4OS/c1-17-9-10(8-15-17)5-6-18-13-4-3-11(19-2)7-12(13)16-14(18)20/h3-4,7-9H,5-6H2,1-2H3,(H,16,20). The maximum absolute atomic E-state index is 5.40. The van der Waals surface area contributed by atoms with E-state index in [1.807, 2.05) is 42.3 Å². The van der Waals surface area contributed by atoms with Crippen LogP contribution in [-0.4, -0.2) is 26.4 Å². The number of aromatic amines is 1. The summed E-state index contributed by atoms with van der Waals surface area (Å²) >= 11 is 5.40. The predicted octanol–water partition coefficient (Wildman–Crippen LogP) is 2.68. The van der Waals surface area contributed by atoms with Gasteiger partial charge in [-0.25, -0.2) is 0 Å². The van der Waals surface area contributed by atoms with Crippen LogP contribution >= 0.6 is 12.2 Å². The Morgan fingerprint density at radius 2 is 2.25 bits per heavy atom. The van der Waals surface area contributed by atoms with E-state index in [-0.39, 0.29) is 0 Å². The van der Waals surface area contributed by atoms with Gasteiger partial charge in [0.25, 0.3) is 0 Å². The largest absolute Gasteiger partial charge is 0.497 e. The molecule has 0 aliphatic rings. The number of aromatic nitrogens is 4. The van der Waals surface area contributed by atoms with E-state index in [2.05, 4.69) is 14.6 Å². The SMILES string of the molecule is COc1ccc2c(c1)[nH]c(=S)n2CCc1cnn(C)c1. The second-order valence-electron chi connectivity index (χ2n) is 4.74. The van der Waals surface area contributed by atoms with Crippen molar-refractivity contribution in [2.45, 2.75) is 13.0 Å². The van der Waals surface area contributed by atoms with Crippen LogP contribution in [0.15, 0.2) is 30.6 Å². The maximum Gasteiger partial charge on any atom is 0.178 e. The van der Waals surface area contributed by atoms with E-state index in [0.29, 0.717) is 0 Å². The molecule has 0 unspecified atom stereocenters. The summed E-state index contributed by atoms with van der Waals surface area (Å²) in [5.41, 5.74) is 3.30. The molecular weight excluding hydrogens is 272 g/mol. The number of aryl methyl sites for hydroxylation is 3. The minimum atomic E-state index is 0.733. The van der Waals surface area contributed by atoms with Crippen molar-refractivity contribution in [2.75, 3.05) is 7.11 Å². The fourth-order valence-electron chi connectivity index (χ4n) is 2.33. The molecule has 0 saturated carbocycles. The molecule has 5 nitrogen and oxygen atoms in total. The Balaban J connectivity index is 1.91. The molecule has 0 aliphatic carbocycles. The first-order valence-electron chi connectivity index (χ1n) is 6.41. The van der Waals surface area contributed by atoms with Gasteiger partial charge in [0.2, 0.25) is 0 Å². The Bertz CT molecular complexity index is 799. The molecule has 0 spiro atoms. The molecule has 2 aromatic heterocycles. The van der Waals surface area contributed by atoms with Crippen LogP contribution < -0.4 is 4.74 Å². The molecule has 3 rings (SSSR count). The second-order valence-corrected chi connectivity index (χ2v) is 5.12. The smallest absolute Gasteiger partial charge is 0.178 e. The van der Waals surface area contributed by atoms with Crippen molar-refractivity contribution in [1.29, 1.82) is 0 Å². The van der Waals surface area contributed by atoms with Crippen LogP contribution in [0.5, 0.6) is 5.75 Å². The summed E-state index contributed by atoms with van der Waals surface area (Å²) in [6.07, 6.45) is 4.82. The van der Waals surface area contributed by atoms with Gasteiger partial charge in [0.1, 0.15) is 5.75 Å². The third kappa shape index (κ3) is 2.34. The first-order chi connectivity index (χ1) is 9.67. The van der Waals surface area contributed by atoms with Crippen LogP contribution in [0.2, 0.25) is 0 Å². The van der Waals surface area contributed by atoms with Crippen molar-refractivity contribution >= 4 is 23.3 Å². The highest BCUT2D eigenvalue weighted by molar-refractivity contribution is 7.71. The molecule has 1 N–H and O–H groups in total. The molecule has 1 aromatic carbocycles. The average Bonchev–Trinajstić information content (AvgIpc) is 2.98. The monoisotopic (exact) mass is 288 g/mol. The molecule has 0 atom stereocenters. The number of benzene rings is 1. The highest BCUT2D eigenvalue weighted by atomic mass is 32.1. The molecule has 0 radical (unpaired) electrons. The number of methoxy groups -OCH3 is 1. The molecule has 104 valence electrons. The molecular formula is C14H16N4OS. The zero-order valence-corrected chi connectivity index (χ0v) is 12.3. The maximum atomic E-state index is 5.40. The van der Waals surface area contributed by atoms with Gasteiger partial charge in [0.05, 0.1) is 24.3 Å². The molecule has 0 amide bonds. The van der Waals surface area contributed by atoms with E-state index in [1.54, 1.807) is 7.11 Å². The van der Waals surface area contributed by atoms with Crippen molar-refractivity contribution in [1.82, 2.24) is 19.3 Å². The van der Waals surface area contributed by atoms with Gasteiger partial charge in [-0.3, -0.25) is 4.68 Å². The number of H-pyrrole nitrogens is 1. The van der Waals surface area contributed by atoms with Crippen LogP contribution in [0.1, 0.15) is 5.56 Å². The van der Waals surface area contributed by atoms with Gasteiger partial charge in [-0.15, -0.1) is 0 Å². The van der Waals surface area contributed by atoms with E-state index in [9.17, 15) is 0 Å². The van der Waals surface area contributed by atoms with Gasteiger partial charge >= 0.3 is 0 Å². The average molecular weight is 288 g/mol. The van der Waals surface area contributed by atoms with Gasteiger partial charge in [-0.05, 0) is 36.3 Å². The summed E-state index contributed by atoms with van der Waals surface area (Å²) in [6.45, 7) is 0.830. The summed E-state index contributed by atoms with van der Waals surface area (Å²) < 4.78 is 9.89. The molecule has 20 heavy (non-hydrogen) atoms. The van der Waals surface area contributed by atoms with Crippen LogP contribution in [-0.2, 0) is 20.0 Å². The number of nitrogens with zero attached hydrogens (tertiary/aromatic N) is 3. The third-order valence-corrected chi connectivity index (χ3v) is 3.69. The molecule has 0 bridgehead atoms. The lowest BCUT2D eigenvalue weighted by Crippen LogP contribution is -2.00. The van der Waals surface area contributed by atoms with Crippen molar-refractivity contribution in [2.24, 2.45) is 7.05 Å². The number of fused-ring (bicyclic) bond motifs is 1. The molecule has 3 aromatic rings. The lowest BCUT2D eigenvalue weighted by Gasteiger charge is -2.04. The fourth-order valence-corrected chi connectivity index (χ4v) is 2.63. The zero-order valence-electron chi connectivity index (χ0n) is 11.5. The number of nitrogens with one attached hydrogen (secondary N) is 1. The predicted molar refractivity (Wildman–Crippen MR) is 80.6 cm³/mol. The number of hydrogen-bond acceptors (Lipinski definition) is 3. The Morgan fingerprint density at radius 3 is 2.95 bits per heavy atom. The molecule has 0 aliphatic heterocycles. The number of ether oxygens (including phenoxy) is 1. The molecule has 0 saturated heterocycles. The second kappa shape index (κ2) is 5.13. The molecule has 2 heterocycles. The summed E-state index contributed by atoms with van der Waals surface area (Å²) in [6, 6.07) is 5.95. The quantitative estimate of drug-likeness (QED) is 0.751. The van der Waals surface area contributed by atoms with E-state index in [0.717, 1.165) is 34.5 Å². The molecule has 0 fully saturated rings. The lowest BCUT2D eigenvalue weighted by atomic mass is 10.2. The Morgan fingerprint density at radius 1 is 1.40 bits per heavy atom. The highest BCUT2D eigenvalue weighted by Crippen LogP contribution is 2.20. The summed E-state index contributed by atoms with van der Waals surface area (Å²) in [4.78, 5) is 3.22. The summed E-state index contributed by atoms with van der Waals surface area (Å²) in [5, 5.41) is 4.18. The highest BCUT2D eigenvalue weighted by Gasteiger charge is 2.06. The minimum Gasteiger partial charge on any atom is -0.497 e. The first kappa shape index (κ1) is 12.9. The van der Waals surface area contributed by atoms with E-state index < -0.39 is 0 Å². The zero-order chi connectivity index (χ0) is 14.1. The van der Waals surface area contributed by atoms with Gasteiger partial charge in [0.15, 0.2) is 4.77 Å². The Kier molecular flexibility index (Phi) is 3.31. The van der Waals surface area contributed by atoms with E-state index in [4.69, 9.17) is 17.0 Å². The Labute approximate surface area is 121 Å². The third-order valence-electron chi connectivity index (χ3n) is 3.36. The summed E-state index contributed by atoms with van der Waals surface area (Å²) in [7, 11) is 3.59. The van der Waals surface area contributed by atoms with E-state index in [1.165, 1.54) is 5.56 Å². The van der Waals surface area contributed by atoms with Crippen LogP contribution in [0, 0.1) is 4.77 Å². The fraction of sp³-hybridized carbons (Fsp3) is 0.286. The topological polar surface area (TPSA) is 47.8 Å². The number of imidazole rings is 1. The van der Waals surface area contributed by atoms with Crippen molar-refractivity contribution in [3.63, 3.8) is 0 Å². The normalized spacial score (nSPS) is 11.1. The van der Waals surface area contributed by atoms with Crippen LogP contribution in [0.4, 0.5) is 0 Å². The first-order valence-corrected chi connectivity index (χ1v) is 6.82. The minimum absolute atomic E-state index is 0.733. The number of rotatable bonds is 4. The van der Waals surface area contributed by atoms with Crippen LogP contribution in [0.25, 0.3) is 11.0 Å². The van der Waals surface area contributed by atoms with Crippen molar-refractivity contribution in [3.8, 4) is 5.75 Å². The molecule has 6 heteroatoms. The van der Waals surface area contributed by atoms with E-state index >= 15 is 0 Å². The van der Waals surface area contributed by atoms with Crippen molar-refractivity contribution < 1.29 is 4.74 Å². The Hall–Kier alpha value is -2.08.